The van der Waals surface area contributed by atoms with E-state index >= 15 is 0 Å². The smallest absolute Gasteiger partial charge is 0.307 e. The second-order valence-corrected chi connectivity index (χ2v) is 10.7. The van der Waals surface area contributed by atoms with Crippen LogP contribution in [0.4, 0.5) is 0 Å². The highest BCUT2D eigenvalue weighted by atomic mass is 16.4. The molecule has 0 saturated heterocycles. The monoisotopic (exact) mass is 392 g/mol. The number of rotatable bonds is 7. The van der Waals surface area contributed by atoms with E-state index in [1.807, 2.05) is 0 Å². The van der Waals surface area contributed by atoms with Gasteiger partial charge in [-0.1, -0.05) is 72.0 Å². The fraction of sp³-hybridized carbons (Fsp3) is 0.880. The third kappa shape index (κ3) is 4.35. The van der Waals surface area contributed by atoms with Crippen LogP contribution >= 0.6 is 0 Å². The Balaban J connectivity index is 2.33. The van der Waals surface area contributed by atoms with Gasteiger partial charge < -0.3 is 10.2 Å². The highest BCUT2D eigenvalue weighted by Crippen LogP contribution is 2.55. The Morgan fingerprint density at radius 2 is 1.86 bits per heavy atom. The van der Waals surface area contributed by atoms with Crippen LogP contribution in [0.25, 0.3) is 0 Å². The molecule has 2 aliphatic rings. The van der Waals surface area contributed by atoms with E-state index in [1.165, 1.54) is 30.4 Å². The molecule has 3 nitrogen and oxygen atoms in total. The Labute approximate surface area is 173 Å². The minimum absolute atomic E-state index is 0.0306. The molecule has 1 saturated carbocycles. The van der Waals surface area contributed by atoms with E-state index < -0.39 is 5.97 Å². The van der Waals surface area contributed by atoms with Gasteiger partial charge in [-0.2, -0.15) is 0 Å². The Kier molecular flexibility index (Phi) is 7.45. The van der Waals surface area contributed by atoms with E-state index in [0.717, 1.165) is 32.1 Å². The quantitative estimate of drug-likeness (QED) is 0.489. The zero-order valence-corrected chi connectivity index (χ0v) is 19.3. The standard InChI is InChI=1S/C25H44O3/c1-8-10-11-19(9-2)25(7)14-18(12-13-21(25)26)20-15-24(5,6)22(23(27)28)17(4)16(20)3/h17-19,21-22,26H,8-15H2,1-7H3,(H,27,28)/t17-,18?,19?,21?,22-,25?/m0/s1. The molecule has 0 radical (unpaired) electrons. The van der Waals surface area contributed by atoms with E-state index in [0.29, 0.717) is 11.8 Å². The van der Waals surface area contributed by atoms with Crippen molar-refractivity contribution in [3.05, 3.63) is 11.1 Å². The van der Waals surface area contributed by atoms with Crippen LogP contribution in [0.15, 0.2) is 11.1 Å². The highest BCUT2D eigenvalue weighted by Gasteiger charge is 2.49. The molecule has 6 atom stereocenters. The lowest BCUT2D eigenvalue weighted by atomic mass is 9.55. The third-order valence-electron chi connectivity index (χ3n) is 8.50. The molecule has 0 aliphatic heterocycles. The molecule has 2 N–H and O–H groups in total. The van der Waals surface area contributed by atoms with Gasteiger partial charge in [0.2, 0.25) is 0 Å². The molecule has 0 aromatic rings. The summed E-state index contributed by atoms with van der Waals surface area (Å²) in [5.74, 6) is 0.152. The normalized spacial score (nSPS) is 37.0. The number of unbranched alkanes of at least 4 members (excludes halogenated alkanes) is 1. The van der Waals surface area contributed by atoms with Crippen molar-refractivity contribution in [2.24, 2.45) is 34.5 Å². The lowest BCUT2D eigenvalue weighted by Crippen LogP contribution is -2.46. The summed E-state index contributed by atoms with van der Waals surface area (Å²) >= 11 is 0. The first-order valence-corrected chi connectivity index (χ1v) is 11.6. The summed E-state index contributed by atoms with van der Waals surface area (Å²) < 4.78 is 0. The molecule has 0 heterocycles. The van der Waals surface area contributed by atoms with Crippen molar-refractivity contribution in [2.45, 2.75) is 106 Å². The third-order valence-corrected chi connectivity index (χ3v) is 8.50. The van der Waals surface area contributed by atoms with Crippen LogP contribution in [0.5, 0.6) is 0 Å². The van der Waals surface area contributed by atoms with Crippen LogP contribution in [0.2, 0.25) is 0 Å². The number of allylic oxidation sites excluding steroid dienone is 2. The molecular formula is C25H44O3. The van der Waals surface area contributed by atoms with E-state index in [2.05, 4.69) is 48.5 Å². The number of aliphatic hydroxyl groups excluding tert-OH is 1. The molecule has 3 heteroatoms. The molecule has 2 aliphatic carbocycles. The summed E-state index contributed by atoms with van der Waals surface area (Å²) in [4.78, 5) is 11.9. The van der Waals surface area contributed by atoms with Gasteiger partial charge in [-0.3, -0.25) is 4.79 Å². The van der Waals surface area contributed by atoms with Gasteiger partial charge in [0.25, 0.3) is 0 Å². The molecule has 0 amide bonds. The maximum Gasteiger partial charge on any atom is 0.307 e. The first-order valence-electron chi connectivity index (χ1n) is 11.6. The first-order chi connectivity index (χ1) is 13.0. The largest absolute Gasteiger partial charge is 0.481 e. The highest BCUT2D eigenvalue weighted by molar-refractivity contribution is 5.72. The predicted octanol–water partition coefficient (Wildman–Crippen LogP) is 6.45. The van der Waals surface area contributed by atoms with Crippen molar-refractivity contribution >= 4 is 5.97 Å². The average molecular weight is 393 g/mol. The fourth-order valence-electron chi connectivity index (χ4n) is 6.62. The Bertz CT molecular complexity index is 591. The number of carbonyl (C=O) groups is 1. The van der Waals surface area contributed by atoms with Crippen molar-refractivity contribution in [1.29, 1.82) is 0 Å². The predicted molar refractivity (Wildman–Crippen MR) is 116 cm³/mol. The van der Waals surface area contributed by atoms with Crippen molar-refractivity contribution in [3.8, 4) is 0 Å². The SMILES string of the molecule is CCCCC(CC)C1(C)CC(C2=C(C)[C@H](C)[C@@H](C(=O)O)C(C)(C)C2)CCC1O. The molecular weight excluding hydrogens is 348 g/mol. The topological polar surface area (TPSA) is 57.5 Å². The van der Waals surface area contributed by atoms with Crippen LogP contribution in [0.3, 0.4) is 0 Å². The second-order valence-electron chi connectivity index (χ2n) is 10.7. The van der Waals surface area contributed by atoms with Gasteiger partial charge in [0.05, 0.1) is 12.0 Å². The van der Waals surface area contributed by atoms with Gasteiger partial charge >= 0.3 is 5.97 Å². The van der Waals surface area contributed by atoms with Crippen molar-refractivity contribution in [1.82, 2.24) is 0 Å². The van der Waals surface area contributed by atoms with E-state index in [1.54, 1.807) is 0 Å². The maximum atomic E-state index is 11.9. The molecule has 4 unspecified atom stereocenters. The molecule has 1 fully saturated rings. The van der Waals surface area contributed by atoms with Crippen LogP contribution in [-0.2, 0) is 4.79 Å². The minimum atomic E-state index is -0.662. The number of aliphatic carboxylic acids is 1. The van der Waals surface area contributed by atoms with Gasteiger partial charge in [-0.25, -0.2) is 0 Å². The lowest BCUT2D eigenvalue weighted by Gasteiger charge is -2.50. The second kappa shape index (κ2) is 8.90. The summed E-state index contributed by atoms with van der Waals surface area (Å²) in [6.07, 6.45) is 8.39. The molecule has 0 aromatic heterocycles. The van der Waals surface area contributed by atoms with Crippen LogP contribution < -0.4 is 0 Å². The van der Waals surface area contributed by atoms with Gasteiger partial charge in [-0.05, 0) is 67.6 Å². The summed E-state index contributed by atoms with van der Waals surface area (Å²) in [6, 6.07) is 0. The van der Waals surface area contributed by atoms with E-state index in [4.69, 9.17) is 0 Å². The number of carboxylic acid groups (broad SMARTS) is 1. The zero-order valence-electron chi connectivity index (χ0n) is 19.3. The number of carboxylic acids is 1. The van der Waals surface area contributed by atoms with Crippen LogP contribution in [-0.4, -0.2) is 22.3 Å². The zero-order chi connectivity index (χ0) is 21.3. The number of hydrogen-bond acceptors (Lipinski definition) is 2. The fourth-order valence-corrected chi connectivity index (χ4v) is 6.62. The number of aliphatic hydroxyl groups is 1. The van der Waals surface area contributed by atoms with Crippen LogP contribution in [0.1, 0.15) is 99.8 Å². The Morgan fingerprint density at radius 3 is 2.39 bits per heavy atom. The maximum absolute atomic E-state index is 11.9. The van der Waals surface area contributed by atoms with Gasteiger partial charge in [0.1, 0.15) is 0 Å². The van der Waals surface area contributed by atoms with Gasteiger partial charge in [0, 0.05) is 0 Å². The molecule has 0 spiro atoms. The lowest BCUT2D eigenvalue weighted by molar-refractivity contribution is -0.148. The van der Waals surface area contributed by atoms with E-state index in [9.17, 15) is 15.0 Å². The Morgan fingerprint density at radius 1 is 1.21 bits per heavy atom. The molecule has 0 bridgehead atoms. The van der Waals surface area contributed by atoms with E-state index in [-0.39, 0.29) is 28.8 Å². The molecule has 162 valence electrons. The number of hydrogen-bond donors (Lipinski definition) is 2. The Hall–Kier alpha value is -0.830. The van der Waals surface area contributed by atoms with Gasteiger partial charge in [-0.15, -0.1) is 0 Å². The average Bonchev–Trinajstić information content (AvgIpc) is 2.60. The van der Waals surface area contributed by atoms with Crippen molar-refractivity contribution < 1.29 is 15.0 Å². The summed E-state index contributed by atoms with van der Waals surface area (Å²) in [7, 11) is 0. The first kappa shape index (κ1) is 23.4. The minimum Gasteiger partial charge on any atom is -0.481 e. The van der Waals surface area contributed by atoms with Crippen molar-refractivity contribution in [3.63, 3.8) is 0 Å². The van der Waals surface area contributed by atoms with Crippen molar-refractivity contribution in [2.75, 3.05) is 0 Å². The summed E-state index contributed by atoms with van der Waals surface area (Å²) in [6.45, 7) is 15.4. The summed E-state index contributed by atoms with van der Waals surface area (Å²) in [5.41, 5.74) is 2.55. The molecule has 28 heavy (non-hydrogen) atoms. The molecule has 2 rings (SSSR count). The molecule has 0 aromatic carbocycles. The summed E-state index contributed by atoms with van der Waals surface area (Å²) in [5, 5.41) is 20.8. The van der Waals surface area contributed by atoms with Gasteiger partial charge in [0.15, 0.2) is 0 Å². The van der Waals surface area contributed by atoms with Crippen LogP contribution in [0, 0.1) is 34.5 Å².